The first-order valence-electron chi connectivity index (χ1n) is 10.6. The fourth-order valence-electron chi connectivity index (χ4n) is 4.09. The van der Waals surface area contributed by atoms with Gasteiger partial charge in [-0.1, -0.05) is 0 Å². The number of halogens is 3. The van der Waals surface area contributed by atoms with Crippen LogP contribution in [0, 0.1) is 6.92 Å². The molecular weight excluding hydrogens is 443 g/mol. The van der Waals surface area contributed by atoms with Gasteiger partial charge in [0.1, 0.15) is 0 Å². The van der Waals surface area contributed by atoms with E-state index in [9.17, 15) is 18.0 Å². The molecule has 9 heteroatoms. The minimum absolute atomic E-state index is 0.226. The number of carbonyl (C=O) groups is 1. The van der Waals surface area contributed by atoms with Gasteiger partial charge in [0.05, 0.1) is 11.1 Å². The van der Waals surface area contributed by atoms with Gasteiger partial charge in [-0.2, -0.15) is 18.3 Å². The molecule has 0 spiro atoms. The second-order valence-electron chi connectivity index (χ2n) is 8.14. The molecule has 0 saturated carbocycles. The molecule has 0 aliphatic rings. The number of nitrogens with zero attached hydrogens (tertiary/aromatic N) is 4. The molecule has 6 nitrogen and oxygen atoms in total. The normalized spacial score (nSPS) is 11.9. The van der Waals surface area contributed by atoms with Gasteiger partial charge in [0.25, 0.3) is 5.91 Å². The summed E-state index contributed by atoms with van der Waals surface area (Å²) in [6, 6.07) is 14.0. The number of aromatic nitrogens is 4. The van der Waals surface area contributed by atoms with Crippen LogP contribution in [0.15, 0.2) is 67.0 Å². The van der Waals surface area contributed by atoms with E-state index >= 15 is 0 Å². The smallest absolute Gasteiger partial charge is 0.348 e. The summed E-state index contributed by atoms with van der Waals surface area (Å²) in [6.45, 7) is 2.26. The lowest BCUT2D eigenvalue weighted by Gasteiger charge is -2.10. The number of rotatable bonds is 4. The number of carbonyl (C=O) groups excluding carboxylic acids is 1. The van der Waals surface area contributed by atoms with Gasteiger partial charge >= 0.3 is 6.18 Å². The quantitative estimate of drug-likeness (QED) is 0.400. The van der Waals surface area contributed by atoms with Crippen molar-refractivity contribution in [2.45, 2.75) is 19.6 Å². The van der Waals surface area contributed by atoms with Crippen molar-refractivity contribution >= 4 is 27.8 Å². The van der Waals surface area contributed by atoms with Gasteiger partial charge in [-0.15, -0.1) is 0 Å². The van der Waals surface area contributed by atoms with Gasteiger partial charge in [-0.05, 0) is 67.1 Å². The molecule has 3 aromatic heterocycles. The van der Waals surface area contributed by atoms with Crippen LogP contribution in [0.4, 0.5) is 13.2 Å². The molecule has 0 bridgehead atoms. The molecule has 172 valence electrons. The maximum absolute atomic E-state index is 13.0. The van der Waals surface area contributed by atoms with Gasteiger partial charge in [-0.25, -0.2) is 0 Å². The van der Waals surface area contributed by atoms with Gasteiger partial charge in [-0.3, -0.25) is 19.0 Å². The zero-order valence-electron chi connectivity index (χ0n) is 18.4. The van der Waals surface area contributed by atoms with Crippen molar-refractivity contribution in [1.29, 1.82) is 0 Å². The van der Waals surface area contributed by atoms with Crippen molar-refractivity contribution in [1.82, 2.24) is 24.6 Å². The zero-order chi connectivity index (χ0) is 24.0. The van der Waals surface area contributed by atoms with Crippen molar-refractivity contribution in [2.24, 2.45) is 7.05 Å². The second kappa shape index (κ2) is 8.02. The molecule has 0 unspecified atom stereocenters. The Morgan fingerprint density at radius 2 is 1.79 bits per heavy atom. The number of nitrogens with one attached hydrogen (secondary N) is 1. The average Bonchev–Trinajstić information content (AvgIpc) is 3.31. The fraction of sp³-hybridized carbons (Fsp3) is 0.160. The third-order valence-corrected chi connectivity index (χ3v) is 5.68. The summed E-state index contributed by atoms with van der Waals surface area (Å²) in [4.78, 5) is 17.0. The maximum Gasteiger partial charge on any atom is 0.416 e. The van der Waals surface area contributed by atoms with Crippen LogP contribution in [0.5, 0.6) is 0 Å². The largest absolute Gasteiger partial charge is 0.416 e. The van der Waals surface area contributed by atoms with Crippen LogP contribution >= 0.6 is 0 Å². The Bertz CT molecular complexity index is 1530. The number of amides is 1. The van der Waals surface area contributed by atoms with Crippen LogP contribution in [0.25, 0.3) is 27.6 Å². The molecule has 1 amide bonds. The summed E-state index contributed by atoms with van der Waals surface area (Å²) in [6.07, 6.45) is -0.875. The van der Waals surface area contributed by atoms with E-state index < -0.39 is 11.7 Å². The van der Waals surface area contributed by atoms with E-state index in [1.165, 1.54) is 12.1 Å². The van der Waals surface area contributed by atoms with E-state index in [-0.39, 0.29) is 5.91 Å². The molecule has 34 heavy (non-hydrogen) atoms. The predicted octanol–water partition coefficient (Wildman–Crippen LogP) is 5.17. The molecule has 0 fully saturated rings. The number of pyridine rings is 1. The average molecular weight is 463 g/mol. The summed E-state index contributed by atoms with van der Waals surface area (Å²) < 4.78 is 42.5. The van der Waals surface area contributed by atoms with Crippen molar-refractivity contribution < 1.29 is 18.0 Å². The molecule has 0 aliphatic carbocycles. The number of fused-ring (bicyclic) bond motifs is 3. The topological polar surface area (TPSA) is 64.7 Å². The molecule has 5 aromatic rings. The van der Waals surface area contributed by atoms with Crippen LogP contribution < -0.4 is 5.32 Å². The van der Waals surface area contributed by atoms with E-state index in [2.05, 4.69) is 15.4 Å². The highest BCUT2D eigenvalue weighted by molar-refractivity contribution is 6.10. The third kappa shape index (κ3) is 3.89. The highest BCUT2D eigenvalue weighted by Gasteiger charge is 2.30. The summed E-state index contributed by atoms with van der Waals surface area (Å²) in [5.41, 5.74) is 3.49. The Kier molecular flexibility index (Phi) is 5.11. The Morgan fingerprint density at radius 3 is 2.50 bits per heavy atom. The highest BCUT2D eigenvalue weighted by Crippen LogP contribution is 2.34. The summed E-state index contributed by atoms with van der Waals surface area (Å²) in [7, 11) is 1.77. The standard InChI is InChI=1S/C25H20F3N5O/c1-15-11-16(9-10-29-15)13-30-24(34)17-3-8-22-20(12-17)21-14-32(2)31-23(21)33(22)19-6-4-18(5-7-19)25(26,27)28/h3-12,14H,13H2,1-2H3,(H,30,34). The van der Waals surface area contributed by atoms with Crippen molar-refractivity contribution in [3.8, 4) is 5.69 Å². The molecule has 0 aliphatic heterocycles. The van der Waals surface area contributed by atoms with Crippen LogP contribution in [0.3, 0.4) is 0 Å². The van der Waals surface area contributed by atoms with E-state index in [0.717, 1.165) is 39.7 Å². The minimum atomic E-state index is -4.41. The number of benzene rings is 2. The molecule has 1 N–H and O–H groups in total. The van der Waals surface area contributed by atoms with E-state index in [1.54, 1.807) is 40.7 Å². The Balaban J connectivity index is 1.53. The lowest BCUT2D eigenvalue weighted by molar-refractivity contribution is -0.137. The monoisotopic (exact) mass is 463 g/mol. The molecule has 0 saturated heterocycles. The van der Waals surface area contributed by atoms with Gasteiger partial charge in [0.15, 0.2) is 5.65 Å². The van der Waals surface area contributed by atoms with Crippen molar-refractivity contribution in [3.63, 3.8) is 0 Å². The van der Waals surface area contributed by atoms with Crippen molar-refractivity contribution in [2.75, 3.05) is 0 Å². The zero-order valence-corrected chi connectivity index (χ0v) is 18.4. The number of aryl methyl sites for hydroxylation is 2. The van der Waals surface area contributed by atoms with Gasteiger partial charge < -0.3 is 5.32 Å². The van der Waals surface area contributed by atoms with E-state index in [1.807, 2.05) is 25.3 Å². The van der Waals surface area contributed by atoms with Crippen LogP contribution in [0.1, 0.15) is 27.2 Å². The molecule has 2 aromatic carbocycles. The molecule has 0 radical (unpaired) electrons. The van der Waals surface area contributed by atoms with Crippen LogP contribution in [-0.2, 0) is 19.8 Å². The van der Waals surface area contributed by atoms with Gasteiger partial charge in [0, 0.05) is 53.7 Å². The lowest BCUT2D eigenvalue weighted by atomic mass is 10.1. The summed E-state index contributed by atoms with van der Waals surface area (Å²) >= 11 is 0. The first-order valence-corrected chi connectivity index (χ1v) is 10.6. The highest BCUT2D eigenvalue weighted by atomic mass is 19.4. The van der Waals surface area contributed by atoms with Crippen LogP contribution in [-0.4, -0.2) is 25.2 Å². The minimum Gasteiger partial charge on any atom is -0.348 e. The van der Waals surface area contributed by atoms with E-state index in [0.29, 0.717) is 23.4 Å². The van der Waals surface area contributed by atoms with Crippen LogP contribution in [0.2, 0.25) is 0 Å². The maximum atomic E-state index is 13.0. The molecule has 3 heterocycles. The summed E-state index contributed by atoms with van der Waals surface area (Å²) in [5.74, 6) is -0.226. The van der Waals surface area contributed by atoms with Crippen molar-refractivity contribution in [3.05, 3.63) is 89.4 Å². The molecule has 0 atom stereocenters. The lowest BCUT2D eigenvalue weighted by Crippen LogP contribution is -2.22. The van der Waals surface area contributed by atoms with Gasteiger partial charge in [0.2, 0.25) is 0 Å². The Labute approximate surface area is 192 Å². The second-order valence-corrected chi connectivity index (χ2v) is 8.14. The SMILES string of the molecule is Cc1cc(CNC(=O)c2ccc3c(c2)c2cn(C)nc2n3-c2ccc(C(F)(F)F)cc2)ccn1. The first-order chi connectivity index (χ1) is 16.2. The summed E-state index contributed by atoms with van der Waals surface area (Å²) in [5, 5.41) is 9.02. The third-order valence-electron chi connectivity index (χ3n) is 5.68. The first kappa shape index (κ1) is 21.7. The predicted molar refractivity (Wildman–Crippen MR) is 123 cm³/mol. The number of hydrogen-bond acceptors (Lipinski definition) is 3. The Hall–Kier alpha value is -4.14. The van der Waals surface area contributed by atoms with E-state index in [4.69, 9.17) is 0 Å². The molecule has 5 rings (SSSR count). The molecular formula is C25H20F3N5O. The number of hydrogen-bond donors (Lipinski definition) is 1. The fourth-order valence-corrected chi connectivity index (χ4v) is 4.09. The Morgan fingerprint density at radius 1 is 1.03 bits per heavy atom. The number of alkyl halides is 3.